The van der Waals surface area contributed by atoms with E-state index in [9.17, 15) is 0 Å². The molecule has 3 aromatic rings. The zero-order valence-corrected chi connectivity index (χ0v) is 17.5. The van der Waals surface area contributed by atoms with E-state index in [1.54, 1.807) is 14.2 Å². The largest absolute Gasteiger partial charge is 0.380 e. The maximum absolute atomic E-state index is 5.63. The number of rotatable bonds is 5. The maximum Gasteiger partial charge on any atom is 0.113 e. The van der Waals surface area contributed by atoms with Crippen LogP contribution in [0.25, 0.3) is 22.3 Å². The molecule has 27 heavy (non-hydrogen) atoms. The predicted octanol–water partition coefficient (Wildman–Crippen LogP) is 4.45. The minimum atomic E-state index is -1.75. The molecule has 1 heterocycles. The van der Waals surface area contributed by atoms with Gasteiger partial charge in [-0.1, -0.05) is 73.8 Å². The molecule has 4 rings (SSSR count). The summed E-state index contributed by atoms with van der Waals surface area (Å²) < 4.78 is 11.2. The van der Waals surface area contributed by atoms with E-state index in [1.807, 2.05) is 0 Å². The van der Waals surface area contributed by atoms with Crippen molar-refractivity contribution in [3.8, 4) is 22.3 Å². The Morgan fingerprint density at radius 2 is 1.41 bits per heavy atom. The maximum atomic E-state index is 5.63. The summed E-state index contributed by atoms with van der Waals surface area (Å²) >= 11 is 0. The van der Waals surface area contributed by atoms with Crippen LogP contribution in [0.15, 0.2) is 60.7 Å². The van der Waals surface area contributed by atoms with Crippen LogP contribution in [-0.2, 0) is 22.7 Å². The standard InChI is InChI=1S/C24H26O2Si/c1-25-15-18-14-22-24(19-12-8-9-13-21(19)27(22,3)4)23(20(18)16-26-2)17-10-6-5-7-11-17/h5-14H,15-16H2,1-4H3. The molecular formula is C24H26O2Si. The van der Waals surface area contributed by atoms with Crippen LogP contribution in [0.1, 0.15) is 11.1 Å². The van der Waals surface area contributed by atoms with Gasteiger partial charge in [-0.3, -0.25) is 0 Å². The highest BCUT2D eigenvalue weighted by molar-refractivity contribution is 7.04. The third-order valence-corrected chi connectivity index (χ3v) is 9.25. The third-order valence-electron chi connectivity index (χ3n) is 5.72. The minimum absolute atomic E-state index is 0.584. The molecule has 0 N–H and O–H groups in total. The van der Waals surface area contributed by atoms with Gasteiger partial charge < -0.3 is 9.47 Å². The summed E-state index contributed by atoms with van der Waals surface area (Å²) in [6.45, 7) is 6.10. The van der Waals surface area contributed by atoms with E-state index >= 15 is 0 Å². The molecule has 0 spiro atoms. The molecule has 0 radical (unpaired) electrons. The normalized spacial score (nSPS) is 14.1. The van der Waals surface area contributed by atoms with Gasteiger partial charge in [-0.05, 0) is 43.8 Å². The number of benzene rings is 3. The summed E-state index contributed by atoms with van der Waals surface area (Å²) in [5, 5.41) is 3.03. The third kappa shape index (κ3) is 2.87. The van der Waals surface area contributed by atoms with E-state index in [1.165, 1.54) is 43.8 Å². The lowest BCUT2D eigenvalue weighted by molar-refractivity contribution is 0.168. The fraction of sp³-hybridized carbons (Fsp3) is 0.250. The van der Waals surface area contributed by atoms with Crippen LogP contribution in [0.2, 0.25) is 13.1 Å². The van der Waals surface area contributed by atoms with E-state index in [4.69, 9.17) is 9.47 Å². The molecule has 0 saturated carbocycles. The van der Waals surface area contributed by atoms with Gasteiger partial charge >= 0.3 is 0 Å². The summed E-state index contributed by atoms with van der Waals surface area (Å²) in [7, 11) is 1.79. The van der Waals surface area contributed by atoms with E-state index in [0.717, 1.165) is 0 Å². The zero-order valence-electron chi connectivity index (χ0n) is 16.5. The summed E-state index contributed by atoms with van der Waals surface area (Å²) in [5.41, 5.74) is 7.84. The van der Waals surface area contributed by atoms with Crippen molar-refractivity contribution in [1.82, 2.24) is 0 Å². The van der Waals surface area contributed by atoms with Crippen molar-refractivity contribution in [2.75, 3.05) is 14.2 Å². The van der Waals surface area contributed by atoms with Crippen LogP contribution in [0, 0.1) is 0 Å². The first-order valence-electron chi connectivity index (χ1n) is 9.42. The number of fused-ring (bicyclic) bond motifs is 3. The molecule has 3 aromatic carbocycles. The molecule has 1 aliphatic heterocycles. The topological polar surface area (TPSA) is 18.5 Å². The molecule has 138 valence electrons. The van der Waals surface area contributed by atoms with Crippen molar-refractivity contribution in [3.63, 3.8) is 0 Å². The second-order valence-corrected chi connectivity index (χ2v) is 12.0. The fourth-order valence-corrected chi connectivity index (χ4v) is 7.56. The smallest absolute Gasteiger partial charge is 0.113 e. The van der Waals surface area contributed by atoms with Gasteiger partial charge in [-0.25, -0.2) is 0 Å². The van der Waals surface area contributed by atoms with E-state index < -0.39 is 8.07 Å². The van der Waals surface area contributed by atoms with Crippen LogP contribution >= 0.6 is 0 Å². The van der Waals surface area contributed by atoms with Gasteiger partial charge in [-0.2, -0.15) is 0 Å². The van der Waals surface area contributed by atoms with Crippen molar-refractivity contribution < 1.29 is 9.47 Å². The predicted molar refractivity (Wildman–Crippen MR) is 115 cm³/mol. The Labute approximate surface area is 162 Å². The van der Waals surface area contributed by atoms with E-state index in [0.29, 0.717) is 13.2 Å². The summed E-state index contributed by atoms with van der Waals surface area (Å²) in [6.07, 6.45) is 0. The van der Waals surface area contributed by atoms with Gasteiger partial charge in [0.2, 0.25) is 0 Å². The molecule has 0 amide bonds. The highest BCUT2D eigenvalue weighted by Crippen LogP contribution is 2.40. The van der Waals surface area contributed by atoms with E-state index in [-0.39, 0.29) is 0 Å². The van der Waals surface area contributed by atoms with Crippen molar-refractivity contribution in [3.05, 3.63) is 71.8 Å². The first-order chi connectivity index (χ1) is 13.1. The molecule has 0 aliphatic carbocycles. The lowest BCUT2D eigenvalue weighted by Gasteiger charge is -2.23. The molecule has 0 unspecified atom stereocenters. The summed E-state index contributed by atoms with van der Waals surface area (Å²) in [5.74, 6) is 0. The van der Waals surface area contributed by atoms with Gasteiger partial charge in [0, 0.05) is 14.2 Å². The lowest BCUT2D eigenvalue weighted by Crippen LogP contribution is -2.49. The molecule has 0 saturated heterocycles. The second kappa shape index (κ2) is 7.08. The van der Waals surface area contributed by atoms with Crippen molar-refractivity contribution >= 4 is 18.4 Å². The van der Waals surface area contributed by atoms with Crippen LogP contribution in [0.3, 0.4) is 0 Å². The van der Waals surface area contributed by atoms with Crippen molar-refractivity contribution in [2.45, 2.75) is 26.3 Å². The SMILES string of the molecule is COCc1cc2c(c(-c3ccccc3)c1COC)-c1ccccc1[Si]2(C)C. The Hall–Kier alpha value is -2.20. The Bertz CT molecular complexity index is 977. The molecular weight excluding hydrogens is 348 g/mol. The van der Waals surface area contributed by atoms with Crippen molar-refractivity contribution in [2.24, 2.45) is 0 Å². The first kappa shape index (κ1) is 18.2. The zero-order chi connectivity index (χ0) is 19.0. The van der Waals surface area contributed by atoms with E-state index in [2.05, 4.69) is 73.8 Å². The number of hydrogen-bond donors (Lipinski definition) is 0. The lowest BCUT2D eigenvalue weighted by atomic mass is 9.88. The minimum Gasteiger partial charge on any atom is -0.380 e. The van der Waals surface area contributed by atoms with Gasteiger partial charge in [-0.15, -0.1) is 0 Å². The Morgan fingerprint density at radius 3 is 2.11 bits per heavy atom. The van der Waals surface area contributed by atoms with Crippen molar-refractivity contribution in [1.29, 1.82) is 0 Å². The highest BCUT2D eigenvalue weighted by atomic mass is 28.3. The molecule has 3 heteroatoms. The highest BCUT2D eigenvalue weighted by Gasteiger charge is 2.40. The van der Waals surface area contributed by atoms with Crippen LogP contribution < -0.4 is 10.4 Å². The molecule has 0 fully saturated rings. The van der Waals surface area contributed by atoms with Gasteiger partial charge in [0.15, 0.2) is 0 Å². The molecule has 0 atom stereocenters. The Balaban J connectivity index is 2.13. The first-order valence-corrected chi connectivity index (χ1v) is 12.4. The number of methoxy groups -OCH3 is 2. The number of hydrogen-bond acceptors (Lipinski definition) is 2. The summed E-state index contributed by atoms with van der Waals surface area (Å²) in [6, 6.07) is 22.1. The monoisotopic (exact) mass is 374 g/mol. The van der Waals surface area contributed by atoms with Gasteiger partial charge in [0.25, 0.3) is 0 Å². The average molecular weight is 375 g/mol. The quantitative estimate of drug-likeness (QED) is 0.614. The van der Waals surface area contributed by atoms with Crippen LogP contribution in [0.5, 0.6) is 0 Å². The Morgan fingerprint density at radius 1 is 0.741 bits per heavy atom. The molecule has 1 aliphatic rings. The van der Waals surface area contributed by atoms with Gasteiger partial charge in [0.05, 0.1) is 13.2 Å². The Kier molecular flexibility index (Phi) is 4.77. The van der Waals surface area contributed by atoms with Gasteiger partial charge in [0.1, 0.15) is 8.07 Å². The summed E-state index contributed by atoms with van der Waals surface area (Å²) in [4.78, 5) is 0. The molecule has 0 bridgehead atoms. The number of ether oxygens (including phenoxy) is 2. The molecule has 2 nitrogen and oxygen atoms in total. The molecule has 0 aromatic heterocycles. The van der Waals surface area contributed by atoms with Crippen LogP contribution in [0.4, 0.5) is 0 Å². The second-order valence-electron chi connectivity index (χ2n) is 7.71. The average Bonchev–Trinajstić information content (AvgIpc) is 2.91. The van der Waals surface area contributed by atoms with Crippen LogP contribution in [-0.4, -0.2) is 22.3 Å². The fourth-order valence-electron chi connectivity index (χ4n) is 4.46.